The lowest BCUT2D eigenvalue weighted by atomic mass is 10.3. The lowest BCUT2D eigenvalue weighted by molar-refractivity contribution is -0.274. The highest BCUT2D eigenvalue weighted by molar-refractivity contribution is 5.93. The van der Waals surface area contributed by atoms with Crippen molar-refractivity contribution in [1.82, 2.24) is 0 Å². The van der Waals surface area contributed by atoms with Crippen molar-refractivity contribution in [1.29, 1.82) is 0 Å². The second kappa shape index (κ2) is 6.99. The lowest BCUT2D eigenvalue weighted by Crippen LogP contribution is -2.22. The summed E-state index contributed by atoms with van der Waals surface area (Å²) in [6.07, 6.45) is -4.88. The van der Waals surface area contributed by atoms with Crippen LogP contribution in [0.4, 0.5) is 23.2 Å². The predicted molar refractivity (Wildman–Crippen MR) is 73.6 cm³/mol. The van der Waals surface area contributed by atoms with Crippen molar-refractivity contribution < 1.29 is 31.8 Å². The van der Waals surface area contributed by atoms with Gasteiger partial charge in [-0.3, -0.25) is 4.79 Å². The molecule has 0 radical (unpaired) electrons. The zero-order chi connectivity index (χ0) is 16.9. The van der Waals surface area contributed by atoms with Gasteiger partial charge in [0.2, 0.25) is 0 Å². The van der Waals surface area contributed by atoms with Crippen molar-refractivity contribution in [2.75, 3.05) is 11.9 Å². The van der Waals surface area contributed by atoms with E-state index in [0.29, 0.717) is 0 Å². The maximum Gasteiger partial charge on any atom is 0.573 e. The Kier molecular flexibility index (Phi) is 5.05. The van der Waals surface area contributed by atoms with Crippen molar-refractivity contribution in [2.45, 2.75) is 6.36 Å². The Morgan fingerprint density at radius 1 is 1.09 bits per heavy atom. The molecule has 0 heterocycles. The zero-order valence-corrected chi connectivity index (χ0v) is 11.6. The topological polar surface area (TPSA) is 47.6 Å². The third-order valence-electron chi connectivity index (χ3n) is 2.55. The molecule has 2 aromatic rings. The maximum atomic E-state index is 12.9. The lowest BCUT2D eigenvalue weighted by Gasteiger charge is -2.14. The molecule has 0 spiro atoms. The molecular formula is C15H11F4NO3. The molecule has 0 aliphatic carbocycles. The average molecular weight is 329 g/mol. The molecule has 2 aromatic carbocycles. The number of amides is 1. The Hall–Kier alpha value is -2.77. The van der Waals surface area contributed by atoms with Crippen LogP contribution in [0.5, 0.6) is 11.5 Å². The van der Waals surface area contributed by atoms with Gasteiger partial charge in [-0.25, -0.2) is 4.39 Å². The van der Waals surface area contributed by atoms with Gasteiger partial charge in [0.05, 0.1) is 5.69 Å². The van der Waals surface area contributed by atoms with Crippen molar-refractivity contribution in [3.05, 3.63) is 54.3 Å². The highest BCUT2D eigenvalue weighted by atomic mass is 19.4. The molecule has 0 aliphatic heterocycles. The van der Waals surface area contributed by atoms with E-state index in [9.17, 15) is 22.4 Å². The van der Waals surface area contributed by atoms with E-state index in [-0.39, 0.29) is 11.4 Å². The molecule has 8 heteroatoms. The molecule has 0 aromatic heterocycles. The maximum absolute atomic E-state index is 12.9. The Bertz CT molecular complexity index is 688. The molecule has 0 bridgehead atoms. The number of carbonyl (C=O) groups excluding carboxylic acids is 1. The Balaban J connectivity index is 1.98. The van der Waals surface area contributed by atoms with E-state index in [0.717, 1.165) is 12.1 Å². The minimum atomic E-state index is -4.88. The molecule has 4 nitrogen and oxygen atoms in total. The van der Waals surface area contributed by atoms with Gasteiger partial charge in [-0.2, -0.15) is 0 Å². The molecule has 0 fully saturated rings. The van der Waals surface area contributed by atoms with E-state index in [1.165, 1.54) is 36.4 Å². The van der Waals surface area contributed by atoms with Crippen LogP contribution in [0.1, 0.15) is 0 Å². The number of hydrogen-bond donors (Lipinski definition) is 1. The van der Waals surface area contributed by atoms with Gasteiger partial charge in [0.15, 0.2) is 12.4 Å². The van der Waals surface area contributed by atoms with Gasteiger partial charge >= 0.3 is 6.36 Å². The molecule has 0 saturated carbocycles. The van der Waals surface area contributed by atoms with E-state index in [4.69, 9.17) is 4.74 Å². The summed E-state index contributed by atoms with van der Waals surface area (Å²) in [4.78, 5) is 11.7. The van der Waals surface area contributed by atoms with E-state index in [2.05, 4.69) is 10.1 Å². The van der Waals surface area contributed by atoms with Gasteiger partial charge in [0.1, 0.15) is 11.6 Å². The first kappa shape index (κ1) is 16.6. The van der Waals surface area contributed by atoms with Crippen LogP contribution in [0.2, 0.25) is 0 Å². The first-order valence-corrected chi connectivity index (χ1v) is 6.36. The first-order valence-electron chi connectivity index (χ1n) is 6.36. The summed E-state index contributed by atoms with van der Waals surface area (Å²) in [6.45, 7) is -0.496. The van der Waals surface area contributed by atoms with Gasteiger partial charge in [0, 0.05) is 6.07 Å². The number of alkyl halides is 3. The van der Waals surface area contributed by atoms with Crippen LogP contribution in [0.15, 0.2) is 48.5 Å². The molecule has 122 valence electrons. The van der Waals surface area contributed by atoms with Crippen molar-refractivity contribution >= 4 is 11.6 Å². The van der Waals surface area contributed by atoms with Gasteiger partial charge in [-0.05, 0) is 24.3 Å². The number of ether oxygens (including phenoxy) is 2. The Morgan fingerprint density at radius 2 is 1.83 bits per heavy atom. The van der Waals surface area contributed by atoms with Crippen molar-refractivity contribution in [3.8, 4) is 11.5 Å². The smallest absolute Gasteiger partial charge is 0.484 e. The third kappa shape index (κ3) is 5.50. The van der Waals surface area contributed by atoms with E-state index >= 15 is 0 Å². The molecule has 0 atom stereocenters. The molecule has 0 unspecified atom stereocenters. The summed E-state index contributed by atoms with van der Waals surface area (Å²) >= 11 is 0. The van der Waals surface area contributed by atoms with Gasteiger partial charge in [-0.1, -0.05) is 18.2 Å². The Morgan fingerprint density at radius 3 is 2.52 bits per heavy atom. The van der Waals surface area contributed by atoms with Crippen LogP contribution < -0.4 is 14.8 Å². The molecule has 23 heavy (non-hydrogen) atoms. The van der Waals surface area contributed by atoms with Crippen molar-refractivity contribution in [3.63, 3.8) is 0 Å². The second-order valence-electron chi connectivity index (χ2n) is 4.34. The molecule has 1 N–H and O–H groups in total. The minimum absolute atomic E-state index is 0.125. The molecule has 1 amide bonds. The minimum Gasteiger partial charge on any atom is -0.484 e. The SMILES string of the molecule is O=C(COc1cccc(F)c1)Nc1ccccc1OC(F)(F)F. The van der Waals surface area contributed by atoms with Crippen LogP contribution in [0.3, 0.4) is 0 Å². The monoisotopic (exact) mass is 329 g/mol. The standard InChI is InChI=1S/C15H11F4NO3/c16-10-4-3-5-11(8-10)22-9-14(21)20-12-6-1-2-7-13(12)23-15(17,18)19/h1-8H,9H2,(H,20,21). The summed E-state index contributed by atoms with van der Waals surface area (Å²) in [7, 11) is 0. The number of hydrogen-bond acceptors (Lipinski definition) is 3. The quantitative estimate of drug-likeness (QED) is 0.850. The zero-order valence-electron chi connectivity index (χ0n) is 11.6. The average Bonchev–Trinajstić information content (AvgIpc) is 2.46. The fourth-order valence-corrected chi connectivity index (χ4v) is 1.68. The number of halogens is 4. The van der Waals surface area contributed by atoms with Crippen LogP contribution in [-0.2, 0) is 4.79 Å². The second-order valence-corrected chi connectivity index (χ2v) is 4.34. The summed E-state index contributed by atoms with van der Waals surface area (Å²) < 4.78 is 58.6. The van der Waals surface area contributed by atoms with E-state index in [1.54, 1.807) is 0 Å². The van der Waals surface area contributed by atoms with Gasteiger partial charge < -0.3 is 14.8 Å². The summed E-state index contributed by atoms with van der Waals surface area (Å²) in [5.41, 5.74) is -0.155. The largest absolute Gasteiger partial charge is 0.573 e. The Labute approximate surface area is 128 Å². The number of anilines is 1. The molecular weight excluding hydrogens is 318 g/mol. The van der Waals surface area contributed by atoms with Crippen LogP contribution in [0, 0.1) is 5.82 Å². The highest BCUT2D eigenvalue weighted by Gasteiger charge is 2.32. The fraction of sp³-hybridized carbons (Fsp3) is 0.133. The van der Waals surface area contributed by atoms with Gasteiger partial charge in [-0.15, -0.1) is 13.2 Å². The number of rotatable bonds is 5. The summed E-state index contributed by atoms with van der Waals surface area (Å²) in [6, 6.07) is 10.2. The third-order valence-corrected chi connectivity index (χ3v) is 2.55. The van der Waals surface area contributed by atoms with Crippen molar-refractivity contribution in [2.24, 2.45) is 0 Å². The highest BCUT2D eigenvalue weighted by Crippen LogP contribution is 2.29. The van der Waals surface area contributed by atoms with E-state index < -0.39 is 30.4 Å². The molecule has 2 rings (SSSR count). The number of nitrogens with one attached hydrogen (secondary N) is 1. The predicted octanol–water partition coefficient (Wildman–Crippen LogP) is 3.74. The molecule has 0 aliphatic rings. The number of carbonyl (C=O) groups is 1. The summed E-state index contributed by atoms with van der Waals surface area (Å²) in [5, 5.41) is 2.24. The van der Waals surface area contributed by atoms with Crippen LogP contribution in [-0.4, -0.2) is 18.9 Å². The van der Waals surface area contributed by atoms with E-state index in [1.807, 2.05) is 0 Å². The van der Waals surface area contributed by atoms with Gasteiger partial charge in [0.25, 0.3) is 5.91 Å². The number of para-hydroxylation sites is 2. The first-order chi connectivity index (χ1) is 10.8. The normalized spacial score (nSPS) is 11.0. The van der Waals surface area contributed by atoms with Crippen LogP contribution in [0.25, 0.3) is 0 Å². The van der Waals surface area contributed by atoms with Crippen LogP contribution >= 0.6 is 0 Å². The molecule has 0 saturated heterocycles. The summed E-state index contributed by atoms with van der Waals surface area (Å²) in [5.74, 6) is -1.67. The fourth-order valence-electron chi connectivity index (χ4n) is 1.68. The number of benzene rings is 2.